The summed E-state index contributed by atoms with van der Waals surface area (Å²) in [5, 5.41) is 5.63. The van der Waals surface area contributed by atoms with Crippen LogP contribution in [0.3, 0.4) is 0 Å². The molecule has 1 heterocycles. The fourth-order valence-electron chi connectivity index (χ4n) is 2.36. The van der Waals surface area contributed by atoms with E-state index in [4.69, 9.17) is 4.74 Å². The highest BCUT2D eigenvalue weighted by Crippen LogP contribution is 2.11. The van der Waals surface area contributed by atoms with E-state index in [2.05, 4.69) is 22.5 Å². The minimum Gasteiger partial charge on any atom is -0.497 e. The van der Waals surface area contributed by atoms with E-state index in [1.165, 1.54) is 0 Å². The zero-order valence-corrected chi connectivity index (χ0v) is 15.2. The zero-order valence-electron chi connectivity index (χ0n) is 15.2. The lowest BCUT2D eigenvalue weighted by atomic mass is 10.1. The summed E-state index contributed by atoms with van der Waals surface area (Å²) in [6, 6.07) is 12.6. The molecule has 0 atom stereocenters. The van der Waals surface area contributed by atoms with E-state index < -0.39 is 0 Å². The number of hydrogen-bond acceptors (Lipinski definition) is 4. The third-order valence-corrected chi connectivity index (χ3v) is 3.89. The molecule has 0 radical (unpaired) electrons. The molecule has 0 bridgehead atoms. The molecule has 0 spiro atoms. The standard InChI is InChI=1S/C20H25N3O3/c1-3-4-13-21-19(24)17-6-5-7-18(23-17)20(25)22-14-12-15-8-10-16(26-2)11-9-15/h5-11H,3-4,12-14H2,1-2H3,(H,21,24)(H,22,25). The van der Waals surface area contributed by atoms with Crippen molar-refractivity contribution in [3.63, 3.8) is 0 Å². The van der Waals surface area contributed by atoms with Crippen molar-refractivity contribution in [3.8, 4) is 5.75 Å². The van der Waals surface area contributed by atoms with E-state index in [1.54, 1.807) is 25.3 Å². The maximum absolute atomic E-state index is 12.2. The van der Waals surface area contributed by atoms with Crippen molar-refractivity contribution in [3.05, 3.63) is 59.4 Å². The average Bonchev–Trinajstić information content (AvgIpc) is 2.68. The molecule has 0 saturated carbocycles. The summed E-state index contributed by atoms with van der Waals surface area (Å²) < 4.78 is 5.12. The second-order valence-corrected chi connectivity index (χ2v) is 5.87. The van der Waals surface area contributed by atoms with Crippen LogP contribution >= 0.6 is 0 Å². The van der Waals surface area contributed by atoms with Crippen molar-refractivity contribution in [1.29, 1.82) is 0 Å². The van der Waals surface area contributed by atoms with Crippen LogP contribution in [0.15, 0.2) is 42.5 Å². The summed E-state index contributed by atoms with van der Waals surface area (Å²) >= 11 is 0. The van der Waals surface area contributed by atoms with E-state index in [1.807, 2.05) is 24.3 Å². The van der Waals surface area contributed by atoms with Crippen molar-refractivity contribution in [1.82, 2.24) is 15.6 Å². The lowest BCUT2D eigenvalue weighted by Gasteiger charge is -2.07. The molecule has 0 aliphatic rings. The van der Waals surface area contributed by atoms with Crippen LogP contribution in [0.2, 0.25) is 0 Å². The van der Waals surface area contributed by atoms with E-state index in [-0.39, 0.29) is 23.2 Å². The Labute approximate surface area is 154 Å². The van der Waals surface area contributed by atoms with Gasteiger partial charge in [0.15, 0.2) is 0 Å². The van der Waals surface area contributed by atoms with Gasteiger partial charge in [0.25, 0.3) is 11.8 Å². The molecular formula is C20H25N3O3. The molecule has 6 nitrogen and oxygen atoms in total. The molecule has 2 rings (SSSR count). The van der Waals surface area contributed by atoms with Crippen LogP contribution in [-0.2, 0) is 6.42 Å². The van der Waals surface area contributed by atoms with Gasteiger partial charge >= 0.3 is 0 Å². The lowest BCUT2D eigenvalue weighted by Crippen LogP contribution is -2.29. The van der Waals surface area contributed by atoms with E-state index in [9.17, 15) is 9.59 Å². The monoisotopic (exact) mass is 355 g/mol. The van der Waals surface area contributed by atoms with Gasteiger partial charge in [0.1, 0.15) is 17.1 Å². The van der Waals surface area contributed by atoms with Gasteiger partial charge in [-0.2, -0.15) is 0 Å². The van der Waals surface area contributed by atoms with Crippen molar-refractivity contribution in [2.24, 2.45) is 0 Å². The molecule has 2 N–H and O–H groups in total. The highest BCUT2D eigenvalue weighted by molar-refractivity contribution is 5.96. The molecule has 0 aliphatic heterocycles. The largest absolute Gasteiger partial charge is 0.497 e. The number of unbranched alkanes of at least 4 members (excludes halogenated alkanes) is 1. The van der Waals surface area contributed by atoms with Crippen LogP contribution in [0.5, 0.6) is 5.75 Å². The molecule has 26 heavy (non-hydrogen) atoms. The number of rotatable bonds is 9. The summed E-state index contributed by atoms with van der Waals surface area (Å²) in [4.78, 5) is 28.4. The number of pyridine rings is 1. The Morgan fingerprint density at radius 1 is 0.962 bits per heavy atom. The quantitative estimate of drug-likeness (QED) is 0.678. The smallest absolute Gasteiger partial charge is 0.269 e. The summed E-state index contributed by atoms with van der Waals surface area (Å²) in [6.07, 6.45) is 2.62. The molecule has 2 amide bonds. The normalized spacial score (nSPS) is 10.2. The Bertz CT molecular complexity index is 729. The number of methoxy groups -OCH3 is 1. The number of amides is 2. The SMILES string of the molecule is CCCCNC(=O)c1cccc(C(=O)NCCc2ccc(OC)cc2)n1. The minimum absolute atomic E-state index is 0.239. The third-order valence-electron chi connectivity index (χ3n) is 3.89. The number of carbonyl (C=O) groups excluding carboxylic acids is 2. The first-order valence-electron chi connectivity index (χ1n) is 8.80. The molecule has 0 unspecified atom stereocenters. The maximum Gasteiger partial charge on any atom is 0.269 e. The van der Waals surface area contributed by atoms with Gasteiger partial charge in [-0.15, -0.1) is 0 Å². The van der Waals surface area contributed by atoms with Gasteiger partial charge in [-0.05, 0) is 42.7 Å². The Morgan fingerprint density at radius 2 is 1.58 bits per heavy atom. The molecule has 1 aromatic heterocycles. The number of benzene rings is 1. The van der Waals surface area contributed by atoms with Gasteiger partial charge in [-0.25, -0.2) is 4.98 Å². The van der Waals surface area contributed by atoms with Crippen molar-refractivity contribution >= 4 is 11.8 Å². The van der Waals surface area contributed by atoms with Crippen molar-refractivity contribution < 1.29 is 14.3 Å². The fraction of sp³-hybridized carbons (Fsp3) is 0.350. The second-order valence-electron chi connectivity index (χ2n) is 5.87. The van der Waals surface area contributed by atoms with Gasteiger partial charge in [-0.3, -0.25) is 9.59 Å². The summed E-state index contributed by atoms with van der Waals surface area (Å²) in [6.45, 7) is 3.15. The van der Waals surface area contributed by atoms with Gasteiger partial charge in [0.2, 0.25) is 0 Å². The predicted molar refractivity (Wildman–Crippen MR) is 101 cm³/mol. The molecule has 0 saturated heterocycles. The third kappa shape index (κ3) is 5.88. The first kappa shape index (κ1) is 19.4. The summed E-state index contributed by atoms with van der Waals surface area (Å²) in [5.41, 5.74) is 1.59. The van der Waals surface area contributed by atoms with E-state index in [0.717, 1.165) is 24.2 Å². The first-order chi connectivity index (χ1) is 12.6. The average molecular weight is 355 g/mol. The Morgan fingerprint density at radius 3 is 2.15 bits per heavy atom. The molecule has 6 heteroatoms. The highest BCUT2D eigenvalue weighted by Gasteiger charge is 2.11. The van der Waals surface area contributed by atoms with Gasteiger partial charge < -0.3 is 15.4 Å². The first-order valence-corrected chi connectivity index (χ1v) is 8.80. The van der Waals surface area contributed by atoms with E-state index in [0.29, 0.717) is 19.5 Å². The van der Waals surface area contributed by atoms with Gasteiger partial charge in [-0.1, -0.05) is 31.5 Å². The van der Waals surface area contributed by atoms with Gasteiger partial charge in [0.05, 0.1) is 7.11 Å². The maximum atomic E-state index is 12.2. The second kappa shape index (κ2) is 10.2. The van der Waals surface area contributed by atoms with Crippen LogP contribution < -0.4 is 15.4 Å². The Hall–Kier alpha value is -2.89. The number of carbonyl (C=O) groups is 2. The van der Waals surface area contributed by atoms with Crippen LogP contribution in [0, 0.1) is 0 Å². The van der Waals surface area contributed by atoms with Crippen LogP contribution in [-0.4, -0.2) is 37.0 Å². The number of ether oxygens (including phenoxy) is 1. The van der Waals surface area contributed by atoms with Gasteiger partial charge in [0, 0.05) is 13.1 Å². The van der Waals surface area contributed by atoms with Crippen molar-refractivity contribution in [2.45, 2.75) is 26.2 Å². The fourth-order valence-corrected chi connectivity index (χ4v) is 2.36. The highest BCUT2D eigenvalue weighted by atomic mass is 16.5. The molecule has 0 aliphatic carbocycles. The Kier molecular flexibility index (Phi) is 7.61. The van der Waals surface area contributed by atoms with Crippen LogP contribution in [0.1, 0.15) is 46.3 Å². The molecular weight excluding hydrogens is 330 g/mol. The number of hydrogen-bond donors (Lipinski definition) is 2. The van der Waals surface area contributed by atoms with Crippen molar-refractivity contribution in [2.75, 3.05) is 20.2 Å². The summed E-state index contributed by atoms with van der Waals surface area (Å²) in [5.74, 6) is 0.254. The van der Waals surface area contributed by atoms with Crippen LogP contribution in [0.25, 0.3) is 0 Å². The van der Waals surface area contributed by atoms with E-state index >= 15 is 0 Å². The number of aromatic nitrogens is 1. The Balaban J connectivity index is 1.86. The number of nitrogens with one attached hydrogen (secondary N) is 2. The molecule has 138 valence electrons. The molecule has 0 fully saturated rings. The number of nitrogens with zero attached hydrogens (tertiary/aromatic N) is 1. The zero-order chi connectivity index (χ0) is 18.8. The molecule has 1 aromatic carbocycles. The topological polar surface area (TPSA) is 80.3 Å². The minimum atomic E-state index is -0.290. The predicted octanol–water partition coefficient (Wildman–Crippen LogP) is 2.59. The lowest BCUT2D eigenvalue weighted by molar-refractivity contribution is 0.0944. The summed E-state index contributed by atoms with van der Waals surface area (Å²) in [7, 11) is 1.63. The van der Waals surface area contributed by atoms with Crippen LogP contribution in [0.4, 0.5) is 0 Å². The molecule has 2 aromatic rings.